The maximum Gasteiger partial charge on any atom is 0.138 e. The Bertz CT molecular complexity index is 408. The van der Waals surface area contributed by atoms with E-state index >= 15 is 0 Å². The summed E-state index contributed by atoms with van der Waals surface area (Å²) in [7, 11) is 0. The van der Waals surface area contributed by atoms with Crippen molar-refractivity contribution in [2.45, 2.75) is 32.2 Å². The van der Waals surface area contributed by atoms with E-state index in [0.717, 1.165) is 35.6 Å². The molecule has 1 aromatic carbocycles. The number of carbonyl (C=O) groups is 1. The number of halogens is 1. The van der Waals surface area contributed by atoms with Gasteiger partial charge in [0.1, 0.15) is 5.78 Å². The third kappa shape index (κ3) is 3.17. The smallest absolute Gasteiger partial charge is 0.138 e. The van der Waals surface area contributed by atoms with Gasteiger partial charge in [-0.3, -0.25) is 9.79 Å². The van der Waals surface area contributed by atoms with Gasteiger partial charge in [0.25, 0.3) is 0 Å². The van der Waals surface area contributed by atoms with Crippen LogP contribution in [0, 0.1) is 0 Å². The lowest BCUT2D eigenvalue weighted by Gasteiger charge is -2.11. The molecular weight excluding hydrogens is 222 g/mol. The zero-order valence-corrected chi connectivity index (χ0v) is 9.83. The lowest BCUT2D eigenvalue weighted by atomic mass is 9.97. The van der Waals surface area contributed by atoms with Gasteiger partial charge in [-0.2, -0.15) is 0 Å². The number of aliphatic imine (C=N–C) groups is 1. The lowest BCUT2D eigenvalue weighted by Crippen LogP contribution is -2.14. The Balaban J connectivity index is 1.97. The molecule has 84 valence electrons. The summed E-state index contributed by atoms with van der Waals surface area (Å²) in [6, 6.07) is 7.67. The second-order valence-electron chi connectivity index (χ2n) is 4.08. The number of Topliss-reactive ketones (excluding diaryl/α,β-unsaturated/α-hetero) is 1. The van der Waals surface area contributed by atoms with Crippen molar-refractivity contribution < 1.29 is 4.79 Å². The summed E-state index contributed by atoms with van der Waals surface area (Å²) in [5.74, 6) is 0.320. The molecule has 0 amide bonds. The van der Waals surface area contributed by atoms with Gasteiger partial charge in [-0.05, 0) is 30.5 Å². The molecule has 0 heterocycles. The van der Waals surface area contributed by atoms with Crippen LogP contribution in [0.25, 0.3) is 0 Å². The van der Waals surface area contributed by atoms with Gasteiger partial charge in [0.05, 0.1) is 6.54 Å². The average Bonchev–Trinajstić information content (AvgIpc) is 2.28. The molecule has 0 saturated heterocycles. The molecule has 1 saturated carbocycles. The molecule has 0 spiro atoms. The highest BCUT2D eigenvalue weighted by Crippen LogP contribution is 2.14. The summed E-state index contributed by atoms with van der Waals surface area (Å²) in [4.78, 5) is 15.7. The van der Waals surface area contributed by atoms with Crippen molar-refractivity contribution in [3.05, 3.63) is 34.9 Å². The topological polar surface area (TPSA) is 29.4 Å². The van der Waals surface area contributed by atoms with E-state index in [-0.39, 0.29) is 0 Å². The summed E-state index contributed by atoms with van der Waals surface area (Å²) in [6.07, 6.45) is 3.20. The van der Waals surface area contributed by atoms with Gasteiger partial charge in [-0.25, -0.2) is 0 Å². The molecule has 0 bridgehead atoms. The number of hydrogen-bond donors (Lipinski definition) is 0. The van der Waals surface area contributed by atoms with Crippen molar-refractivity contribution in [3.8, 4) is 0 Å². The van der Waals surface area contributed by atoms with E-state index in [1.165, 1.54) is 0 Å². The zero-order valence-electron chi connectivity index (χ0n) is 9.08. The maximum absolute atomic E-state index is 11.2. The molecule has 0 unspecified atom stereocenters. The van der Waals surface area contributed by atoms with Gasteiger partial charge in [-0.1, -0.05) is 23.7 Å². The van der Waals surface area contributed by atoms with Crippen molar-refractivity contribution in [3.63, 3.8) is 0 Å². The fourth-order valence-electron chi connectivity index (χ4n) is 1.82. The van der Waals surface area contributed by atoms with E-state index in [0.29, 0.717) is 18.7 Å². The second kappa shape index (κ2) is 5.26. The van der Waals surface area contributed by atoms with E-state index in [1.807, 2.05) is 24.3 Å². The summed E-state index contributed by atoms with van der Waals surface area (Å²) >= 11 is 5.80. The summed E-state index contributed by atoms with van der Waals surface area (Å²) in [5.41, 5.74) is 2.18. The minimum Gasteiger partial charge on any atom is -0.299 e. The largest absolute Gasteiger partial charge is 0.299 e. The minimum absolute atomic E-state index is 0.320. The van der Waals surface area contributed by atoms with Gasteiger partial charge in [-0.15, -0.1) is 0 Å². The van der Waals surface area contributed by atoms with Gasteiger partial charge < -0.3 is 0 Å². The number of benzene rings is 1. The molecule has 0 aromatic heterocycles. The van der Waals surface area contributed by atoms with Crippen LogP contribution in [0.4, 0.5) is 0 Å². The molecule has 2 nitrogen and oxygen atoms in total. The van der Waals surface area contributed by atoms with Crippen LogP contribution >= 0.6 is 11.6 Å². The van der Waals surface area contributed by atoms with E-state index in [4.69, 9.17) is 11.6 Å². The third-order valence-corrected chi connectivity index (χ3v) is 2.97. The van der Waals surface area contributed by atoms with Gasteiger partial charge >= 0.3 is 0 Å². The van der Waals surface area contributed by atoms with Gasteiger partial charge in [0.2, 0.25) is 0 Å². The van der Waals surface area contributed by atoms with Crippen LogP contribution in [0.1, 0.15) is 31.2 Å². The van der Waals surface area contributed by atoms with Crippen molar-refractivity contribution >= 4 is 23.1 Å². The Kier molecular flexibility index (Phi) is 3.73. The van der Waals surface area contributed by atoms with Crippen LogP contribution in [0.2, 0.25) is 5.02 Å². The predicted octanol–water partition coefficient (Wildman–Crippen LogP) is 3.42. The van der Waals surface area contributed by atoms with Crippen molar-refractivity contribution in [1.82, 2.24) is 0 Å². The lowest BCUT2D eigenvalue weighted by molar-refractivity contribution is -0.118. The SMILES string of the molecule is O=C1CCCC(=NCc2ccc(Cl)cc2)C1. The number of ketones is 1. The summed E-state index contributed by atoms with van der Waals surface area (Å²) in [6.45, 7) is 0.653. The standard InChI is InChI=1S/C13H14ClNO/c14-11-6-4-10(5-7-11)9-15-12-2-1-3-13(16)8-12/h4-7H,1-3,8-9H2. The van der Waals surface area contributed by atoms with E-state index < -0.39 is 0 Å². The van der Waals surface area contributed by atoms with Crippen molar-refractivity contribution in [2.75, 3.05) is 0 Å². The summed E-state index contributed by atoms with van der Waals surface area (Å²) < 4.78 is 0. The quantitative estimate of drug-likeness (QED) is 0.772. The third-order valence-electron chi connectivity index (χ3n) is 2.72. The first-order valence-corrected chi connectivity index (χ1v) is 5.90. The Morgan fingerprint density at radius 1 is 1.19 bits per heavy atom. The number of hydrogen-bond acceptors (Lipinski definition) is 2. The Morgan fingerprint density at radius 3 is 2.62 bits per heavy atom. The molecule has 0 N–H and O–H groups in total. The Labute approximate surface area is 100 Å². The Morgan fingerprint density at radius 2 is 1.94 bits per heavy atom. The highest BCUT2D eigenvalue weighted by atomic mass is 35.5. The molecule has 16 heavy (non-hydrogen) atoms. The van der Waals surface area contributed by atoms with Crippen LogP contribution in [0.5, 0.6) is 0 Å². The molecule has 0 atom stereocenters. The number of rotatable bonds is 2. The highest BCUT2D eigenvalue weighted by Gasteiger charge is 2.13. The fourth-order valence-corrected chi connectivity index (χ4v) is 1.95. The van der Waals surface area contributed by atoms with E-state index in [9.17, 15) is 4.79 Å². The highest BCUT2D eigenvalue weighted by molar-refractivity contribution is 6.30. The van der Waals surface area contributed by atoms with Gasteiger partial charge in [0, 0.05) is 23.6 Å². The molecular formula is C13H14ClNO. The minimum atomic E-state index is 0.320. The van der Waals surface area contributed by atoms with Crippen LogP contribution < -0.4 is 0 Å². The molecule has 2 rings (SSSR count). The average molecular weight is 236 g/mol. The molecule has 3 heteroatoms. The summed E-state index contributed by atoms with van der Waals surface area (Å²) in [5, 5.41) is 0.740. The molecule has 1 aromatic rings. The van der Waals surface area contributed by atoms with E-state index in [2.05, 4.69) is 4.99 Å². The molecule has 1 fully saturated rings. The van der Waals surface area contributed by atoms with Crippen LogP contribution in [0.15, 0.2) is 29.3 Å². The van der Waals surface area contributed by atoms with Crippen LogP contribution in [0.3, 0.4) is 0 Å². The first-order chi connectivity index (χ1) is 7.74. The first-order valence-electron chi connectivity index (χ1n) is 5.52. The predicted molar refractivity (Wildman–Crippen MR) is 66.1 cm³/mol. The van der Waals surface area contributed by atoms with Gasteiger partial charge in [0.15, 0.2) is 0 Å². The molecule has 0 radical (unpaired) electrons. The zero-order chi connectivity index (χ0) is 11.4. The monoisotopic (exact) mass is 235 g/mol. The normalized spacial score (nSPS) is 19.1. The molecule has 0 aliphatic heterocycles. The van der Waals surface area contributed by atoms with E-state index in [1.54, 1.807) is 0 Å². The molecule has 1 aliphatic rings. The number of nitrogens with zero attached hydrogens (tertiary/aromatic N) is 1. The maximum atomic E-state index is 11.2. The Hall–Kier alpha value is -1.15. The number of carbonyl (C=O) groups excluding carboxylic acids is 1. The second-order valence-corrected chi connectivity index (χ2v) is 4.51. The molecule has 1 aliphatic carbocycles. The van der Waals surface area contributed by atoms with Crippen molar-refractivity contribution in [2.24, 2.45) is 4.99 Å². The van der Waals surface area contributed by atoms with Crippen LogP contribution in [-0.2, 0) is 11.3 Å². The van der Waals surface area contributed by atoms with Crippen molar-refractivity contribution in [1.29, 1.82) is 0 Å². The fraction of sp³-hybridized carbons (Fsp3) is 0.385. The first kappa shape index (κ1) is 11.3. The van der Waals surface area contributed by atoms with Crippen LogP contribution in [-0.4, -0.2) is 11.5 Å².